The molecule has 2 unspecified atom stereocenters. The number of benzene rings is 1. The molecule has 1 heterocycles. The fraction of sp³-hybridized carbons (Fsp3) is 0.462. The lowest BCUT2D eigenvalue weighted by atomic mass is 9.91. The van der Waals surface area contributed by atoms with Crippen LogP contribution < -0.4 is 4.74 Å². The Hall–Kier alpha value is -1.62. The molecule has 98 valence electrons. The summed E-state index contributed by atoms with van der Waals surface area (Å²) < 4.78 is 23.8. The maximum absolute atomic E-state index is 13.3. The number of hydrogen-bond acceptors (Lipinski definition) is 3. The van der Waals surface area contributed by atoms with Gasteiger partial charge in [-0.2, -0.15) is 0 Å². The molecule has 1 N–H and O–H groups in total. The van der Waals surface area contributed by atoms with Gasteiger partial charge in [-0.25, -0.2) is 4.39 Å². The van der Waals surface area contributed by atoms with Crippen LogP contribution in [0.4, 0.5) is 4.39 Å². The van der Waals surface area contributed by atoms with Crippen LogP contribution in [0, 0.1) is 5.82 Å². The minimum absolute atomic E-state index is 0.330. The number of rotatable bonds is 4. The predicted octanol–water partition coefficient (Wildman–Crippen LogP) is 2.18. The van der Waals surface area contributed by atoms with Gasteiger partial charge >= 0.3 is 5.97 Å². The Morgan fingerprint density at radius 2 is 2.39 bits per heavy atom. The van der Waals surface area contributed by atoms with Gasteiger partial charge in [0.15, 0.2) is 0 Å². The fourth-order valence-electron chi connectivity index (χ4n) is 2.31. The molecule has 0 aromatic heterocycles. The van der Waals surface area contributed by atoms with E-state index in [0.717, 1.165) is 6.42 Å². The van der Waals surface area contributed by atoms with Gasteiger partial charge in [0.2, 0.25) is 0 Å². The van der Waals surface area contributed by atoms with Gasteiger partial charge in [-0.15, -0.1) is 0 Å². The molecule has 1 aromatic rings. The van der Waals surface area contributed by atoms with Crippen LogP contribution in [0.1, 0.15) is 24.3 Å². The zero-order valence-corrected chi connectivity index (χ0v) is 10.1. The van der Waals surface area contributed by atoms with Crippen molar-refractivity contribution in [2.24, 2.45) is 0 Å². The number of aliphatic carboxylic acids is 1. The molecule has 1 fully saturated rings. The first-order valence-electron chi connectivity index (χ1n) is 5.81. The van der Waals surface area contributed by atoms with Crippen LogP contribution in [-0.2, 0) is 9.53 Å². The summed E-state index contributed by atoms with van der Waals surface area (Å²) in [5.41, 5.74) is 0.330. The maximum atomic E-state index is 13.3. The average molecular weight is 254 g/mol. The highest BCUT2D eigenvalue weighted by molar-refractivity contribution is 5.78. The topological polar surface area (TPSA) is 55.8 Å². The number of halogens is 1. The van der Waals surface area contributed by atoms with E-state index >= 15 is 0 Å². The second-order valence-electron chi connectivity index (χ2n) is 4.25. The van der Waals surface area contributed by atoms with Crippen molar-refractivity contribution in [3.05, 3.63) is 29.6 Å². The summed E-state index contributed by atoms with van der Waals surface area (Å²) in [5.74, 6) is -2.02. The Morgan fingerprint density at radius 3 is 2.94 bits per heavy atom. The molecular formula is C13H15FO4. The molecule has 1 aliphatic heterocycles. The smallest absolute Gasteiger partial charge is 0.313 e. The predicted molar refractivity (Wildman–Crippen MR) is 62.3 cm³/mol. The van der Waals surface area contributed by atoms with E-state index in [1.807, 2.05) is 0 Å². The van der Waals surface area contributed by atoms with Crippen molar-refractivity contribution in [1.29, 1.82) is 0 Å². The van der Waals surface area contributed by atoms with Crippen molar-refractivity contribution < 1.29 is 23.8 Å². The fourth-order valence-corrected chi connectivity index (χ4v) is 2.31. The van der Waals surface area contributed by atoms with Gasteiger partial charge in [0.05, 0.1) is 13.2 Å². The van der Waals surface area contributed by atoms with Gasteiger partial charge in [-0.3, -0.25) is 4.79 Å². The second-order valence-corrected chi connectivity index (χ2v) is 4.25. The van der Waals surface area contributed by atoms with Crippen molar-refractivity contribution in [3.8, 4) is 5.75 Å². The highest BCUT2D eigenvalue weighted by Gasteiger charge is 2.35. The molecular weight excluding hydrogens is 239 g/mol. The molecule has 18 heavy (non-hydrogen) atoms. The highest BCUT2D eigenvalue weighted by atomic mass is 19.1. The average Bonchev–Trinajstić information content (AvgIpc) is 2.83. The van der Waals surface area contributed by atoms with Gasteiger partial charge < -0.3 is 14.6 Å². The summed E-state index contributed by atoms with van der Waals surface area (Å²) in [5, 5.41) is 9.34. The molecule has 4 nitrogen and oxygen atoms in total. The van der Waals surface area contributed by atoms with E-state index in [1.165, 1.54) is 25.3 Å². The van der Waals surface area contributed by atoms with Gasteiger partial charge in [0.1, 0.15) is 17.5 Å². The molecule has 1 aromatic carbocycles. The molecule has 2 rings (SSSR count). The van der Waals surface area contributed by atoms with Crippen molar-refractivity contribution in [3.63, 3.8) is 0 Å². The molecule has 1 saturated heterocycles. The molecule has 0 saturated carbocycles. The monoisotopic (exact) mass is 254 g/mol. The van der Waals surface area contributed by atoms with Crippen molar-refractivity contribution in [2.75, 3.05) is 13.7 Å². The largest absolute Gasteiger partial charge is 0.496 e. The summed E-state index contributed by atoms with van der Waals surface area (Å²) in [7, 11) is 1.44. The molecule has 0 bridgehead atoms. The number of carboxylic acids is 1. The number of carboxylic acid groups (broad SMARTS) is 1. The van der Waals surface area contributed by atoms with Gasteiger partial charge in [-0.1, -0.05) is 0 Å². The zero-order valence-electron chi connectivity index (χ0n) is 10.1. The summed E-state index contributed by atoms with van der Waals surface area (Å²) >= 11 is 0. The van der Waals surface area contributed by atoms with Gasteiger partial charge in [0.25, 0.3) is 0 Å². The molecule has 0 radical (unpaired) electrons. The Kier molecular flexibility index (Phi) is 3.81. The lowest BCUT2D eigenvalue weighted by Crippen LogP contribution is -2.26. The Labute approximate surface area is 104 Å². The Morgan fingerprint density at radius 1 is 1.61 bits per heavy atom. The van der Waals surface area contributed by atoms with Crippen LogP contribution in [-0.4, -0.2) is 30.9 Å². The number of ether oxygens (including phenoxy) is 2. The number of hydrogen-bond donors (Lipinski definition) is 1. The van der Waals surface area contributed by atoms with Gasteiger partial charge in [0, 0.05) is 12.2 Å². The number of methoxy groups -OCH3 is 1. The molecule has 0 aliphatic carbocycles. The lowest BCUT2D eigenvalue weighted by molar-refractivity contribution is -0.142. The zero-order chi connectivity index (χ0) is 13.1. The Bertz CT molecular complexity index is 441. The van der Waals surface area contributed by atoms with Crippen LogP contribution in [0.25, 0.3) is 0 Å². The summed E-state index contributed by atoms with van der Waals surface area (Å²) in [6.07, 6.45) is 1.07. The highest BCUT2D eigenvalue weighted by Crippen LogP contribution is 2.35. The number of carbonyl (C=O) groups is 1. The van der Waals surface area contributed by atoms with E-state index < -0.39 is 23.8 Å². The normalized spacial score (nSPS) is 20.7. The molecule has 0 spiro atoms. The maximum Gasteiger partial charge on any atom is 0.313 e. The van der Waals surface area contributed by atoms with Crippen LogP contribution >= 0.6 is 0 Å². The SMILES string of the molecule is COc1ccc(F)cc1C(C(=O)O)C1CCCO1. The van der Waals surface area contributed by atoms with Crippen LogP contribution in [0.15, 0.2) is 18.2 Å². The van der Waals surface area contributed by atoms with E-state index in [1.54, 1.807) is 0 Å². The van der Waals surface area contributed by atoms with Crippen LogP contribution in [0.3, 0.4) is 0 Å². The van der Waals surface area contributed by atoms with E-state index in [4.69, 9.17) is 9.47 Å². The van der Waals surface area contributed by atoms with E-state index in [-0.39, 0.29) is 0 Å². The van der Waals surface area contributed by atoms with Crippen molar-refractivity contribution in [1.82, 2.24) is 0 Å². The second kappa shape index (κ2) is 5.35. The van der Waals surface area contributed by atoms with E-state index in [0.29, 0.717) is 24.3 Å². The van der Waals surface area contributed by atoms with Crippen LogP contribution in [0.5, 0.6) is 5.75 Å². The van der Waals surface area contributed by atoms with E-state index in [2.05, 4.69) is 0 Å². The third-order valence-corrected chi connectivity index (χ3v) is 3.13. The van der Waals surface area contributed by atoms with Crippen molar-refractivity contribution in [2.45, 2.75) is 24.9 Å². The first-order valence-corrected chi connectivity index (χ1v) is 5.81. The summed E-state index contributed by atoms with van der Waals surface area (Å²) in [6, 6.07) is 3.89. The minimum Gasteiger partial charge on any atom is -0.496 e. The third kappa shape index (κ3) is 2.46. The van der Waals surface area contributed by atoms with Crippen LogP contribution in [0.2, 0.25) is 0 Å². The van der Waals surface area contributed by atoms with Gasteiger partial charge in [-0.05, 0) is 31.0 Å². The molecule has 1 aliphatic rings. The summed E-state index contributed by atoms with van der Waals surface area (Å²) in [4.78, 5) is 11.4. The minimum atomic E-state index is -1.02. The van der Waals surface area contributed by atoms with E-state index in [9.17, 15) is 14.3 Å². The third-order valence-electron chi connectivity index (χ3n) is 3.13. The standard InChI is InChI=1S/C13H15FO4/c1-17-10-5-4-8(14)7-9(10)12(13(15)16)11-3-2-6-18-11/h4-5,7,11-12H,2-3,6H2,1H3,(H,15,16). The first-order chi connectivity index (χ1) is 8.63. The summed E-state index contributed by atoms with van der Waals surface area (Å²) in [6.45, 7) is 0.548. The molecule has 5 heteroatoms. The molecule has 2 atom stereocenters. The molecule has 0 amide bonds. The van der Waals surface area contributed by atoms with Crippen molar-refractivity contribution >= 4 is 5.97 Å². The lowest BCUT2D eigenvalue weighted by Gasteiger charge is -2.21. The first kappa shape index (κ1) is 12.8. The quantitative estimate of drug-likeness (QED) is 0.894. The Balaban J connectivity index is 2.40.